The van der Waals surface area contributed by atoms with E-state index in [0.717, 1.165) is 36.1 Å². The molecule has 4 heterocycles. The second kappa shape index (κ2) is 12.2. The van der Waals surface area contributed by atoms with Crippen molar-refractivity contribution in [2.75, 3.05) is 0 Å². The van der Waals surface area contributed by atoms with Crippen LogP contribution < -0.4 is 5.73 Å². The standard InChI is InChI=1S/C13H16N6.C6H12O.C5H4ClNOS/c1-13(2,3)7-11-17-9-6-12(14-8-10(9)18-11)19-15-4-5-16-19;7-6-4-2-1-3-5-6;6-4-2-1-3(9-4)5(7)8/h4-6,8H,7H2,1-3H3,(H,17,18);6-7H,1-5H2;1-2H,(H2,7,8). The minimum atomic E-state index is -0.424. The molecule has 11 heteroatoms. The van der Waals surface area contributed by atoms with Gasteiger partial charge in [-0.15, -0.1) is 16.1 Å². The number of aromatic amines is 1. The van der Waals surface area contributed by atoms with Crippen LogP contribution in [0.2, 0.25) is 4.34 Å². The molecule has 0 aliphatic heterocycles. The molecule has 1 aliphatic carbocycles. The number of aliphatic hydroxyl groups excluding tert-OH is 1. The van der Waals surface area contributed by atoms with Gasteiger partial charge in [0.15, 0.2) is 5.82 Å². The molecule has 1 aliphatic rings. The summed E-state index contributed by atoms with van der Waals surface area (Å²) < 4.78 is 0.587. The maximum absolute atomic E-state index is 10.4. The first-order chi connectivity index (χ1) is 16.6. The number of aliphatic hydroxyl groups is 1. The van der Waals surface area contributed by atoms with Crippen molar-refractivity contribution in [3.05, 3.63) is 51.8 Å². The summed E-state index contributed by atoms with van der Waals surface area (Å²) in [5.74, 6) is 1.23. The van der Waals surface area contributed by atoms with Crippen LogP contribution in [-0.4, -0.2) is 47.1 Å². The van der Waals surface area contributed by atoms with Crippen LogP contribution in [0, 0.1) is 5.41 Å². The number of amides is 1. The number of nitrogens with two attached hydrogens (primary N) is 1. The summed E-state index contributed by atoms with van der Waals surface area (Å²) in [4.78, 5) is 24.6. The molecule has 1 amide bonds. The number of halogens is 1. The van der Waals surface area contributed by atoms with Gasteiger partial charge in [-0.05, 0) is 30.4 Å². The second-order valence-corrected chi connectivity index (χ2v) is 11.3. The van der Waals surface area contributed by atoms with Gasteiger partial charge in [0.2, 0.25) is 0 Å². The molecule has 188 valence electrons. The monoisotopic (exact) mass is 517 g/mol. The number of rotatable bonds is 3. The number of hydrogen-bond donors (Lipinski definition) is 3. The Morgan fingerprint density at radius 2 is 1.91 bits per heavy atom. The van der Waals surface area contributed by atoms with Crippen LogP contribution in [0.25, 0.3) is 16.9 Å². The molecule has 0 atom stereocenters. The summed E-state index contributed by atoms with van der Waals surface area (Å²) in [6.45, 7) is 6.58. The van der Waals surface area contributed by atoms with E-state index in [4.69, 9.17) is 22.4 Å². The number of nitrogens with one attached hydrogen (secondary N) is 1. The van der Waals surface area contributed by atoms with Crippen molar-refractivity contribution in [1.29, 1.82) is 0 Å². The molecular formula is C24H32ClN7O2S. The van der Waals surface area contributed by atoms with Gasteiger partial charge < -0.3 is 15.8 Å². The van der Waals surface area contributed by atoms with E-state index < -0.39 is 5.91 Å². The van der Waals surface area contributed by atoms with Crippen LogP contribution in [-0.2, 0) is 6.42 Å². The zero-order chi connectivity index (χ0) is 25.4. The predicted molar refractivity (Wildman–Crippen MR) is 139 cm³/mol. The van der Waals surface area contributed by atoms with Crippen molar-refractivity contribution in [3.8, 4) is 5.82 Å². The number of aromatic nitrogens is 6. The highest BCUT2D eigenvalue weighted by atomic mass is 35.5. The molecule has 35 heavy (non-hydrogen) atoms. The zero-order valence-corrected chi connectivity index (χ0v) is 21.8. The lowest BCUT2D eigenvalue weighted by Crippen LogP contribution is -2.10. The van der Waals surface area contributed by atoms with E-state index in [9.17, 15) is 4.79 Å². The molecular weight excluding hydrogens is 486 g/mol. The smallest absolute Gasteiger partial charge is 0.258 e. The number of pyridine rings is 1. The van der Waals surface area contributed by atoms with Crippen LogP contribution in [0.1, 0.15) is 68.4 Å². The van der Waals surface area contributed by atoms with E-state index in [1.165, 1.54) is 35.4 Å². The summed E-state index contributed by atoms with van der Waals surface area (Å²) in [5.41, 5.74) is 6.97. The fourth-order valence-corrected chi connectivity index (χ4v) is 4.40. The van der Waals surface area contributed by atoms with E-state index in [1.807, 2.05) is 6.07 Å². The third-order valence-corrected chi connectivity index (χ3v) is 6.36. The molecule has 1 saturated carbocycles. The summed E-state index contributed by atoms with van der Waals surface area (Å²) >= 11 is 6.70. The van der Waals surface area contributed by atoms with Gasteiger partial charge >= 0.3 is 0 Å². The molecule has 0 radical (unpaired) electrons. The average Bonchev–Trinajstić information content (AvgIpc) is 3.54. The molecule has 4 N–H and O–H groups in total. The van der Waals surface area contributed by atoms with Crippen molar-refractivity contribution in [1.82, 2.24) is 29.9 Å². The number of carbonyl (C=O) groups excluding carboxylic acids is 1. The molecule has 4 aromatic heterocycles. The van der Waals surface area contributed by atoms with Crippen LogP contribution in [0.15, 0.2) is 36.8 Å². The Labute approximate surface area is 213 Å². The number of hydrogen-bond acceptors (Lipinski definition) is 7. The Balaban J connectivity index is 0.000000177. The number of thiophene rings is 1. The van der Waals surface area contributed by atoms with Gasteiger partial charge in [-0.25, -0.2) is 9.97 Å². The van der Waals surface area contributed by atoms with Gasteiger partial charge in [-0.2, -0.15) is 10.2 Å². The largest absolute Gasteiger partial charge is 0.393 e. The van der Waals surface area contributed by atoms with E-state index >= 15 is 0 Å². The summed E-state index contributed by atoms with van der Waals surface area (Å²) in [6, 6.07) is 5.14. The van der Waals surface area contributed by atoms with Crippen LogP contribution in [0.5, 0.6) is 0 Å². The summed E-state index contributed by atoms with van der Waals surface area (Å²) in [7, 11) is 0. The Morgan fingerprint density at radius 3 is 2.40 bits per heavy atom. The average molecular weight is 518 g/mol. The maximum atomic E-state index is 10.4. The predicted octanol–water partition coefficient (Wildman–Crippen LogP) is 4.94. The highest BCUT2D eigenvalue weighted by Gasteiger charge is 2.15. The molecule has 1 fully saturated rings. The van der Waals surface area contributed by atoms with Gasteiger partial charge in [0.05, 0.1) is 44.9 Å². The van der Waals surface area contributed by atoms with E-state index in [0.29, 0.717) is 15.0 Å². The highest BCUT2D eigenvalue weighted by Crippen LogP contribution is 2.22. The Kier molecular flexibility index (Phi) is 9.36. The topological polar surface area (TPSA) is 136 Å². The molecule has 0 spiro atoms. The molecule has 5 rings (SSSR count). The first-order valence-corrected chi connectivity index (χ1v) is 12.7. The maximum Gasteiger partial charge on any atom is 0.258 e. The summed E-state index contributed by atoms with van der Waals surface area (Å²) in [5, 5.41) is 17.0. The normalized spacial score (nSPS) is 14.1. The molecule has 9 nitrogen and oxygen atoms in total. The van der Waals surface area contributed by atoms with E-state index in [1.54, 1.807) is 30.7 Å². The van der Waals surface area contributed by atoms with Crippen molar-refractivity contribution < 1.29 is 9.90 Å². The lowest BCUT2D eigenvalue weighted by Gasteiger charge is -2.15. The van der Waals surface area contributed by atoms with Crippen molar-refractivity contribution in [2.45, 2.75) is 65.4 Å². The fourth-order valence-electron chi connectivity index (χ4n) is 3.51. The number of nitrogens with zero attached hydrogens (tertiary/aromatic N) is 5. The lowest BCUT2D eigenvalue weighted by molar-refractivity contribution is 0.100. The number of fused-ring (bicyclic) bond motifs is 1. The van der Waals surface area contributed by atoms with E-state index in [2.05, 4.69) is 45.9 Å². The number of imidazole rings is 1. The van der Waals surface area contributed by atoms with Gasteiger partial charge in [-0.1, -0.05) is 51.6 Å². The van der Waals surface area contributed by atoms with Crippen molar-refractivity contribution in [3.63, 3.8) is 0 Å². The van der Waals surface area contributed by atoms with Crippen LogP contribution in [0.3, 0.4) is 0 Å². The van der Waals surface area contributed by atoms with Crippen LogP contribution in [0.4, 0.5) is 0 Å². The Bertz CT molecular complexity index is 1210. The van der Waals surface area contributed by atoms with Gasteiger partial charge in [0.1, 0.15) is 5.82 Å². The number of primary amides is 1. The van der Waals surface area contributed by atoms with Gasteiger partial charge in [-0.3, -0.25) is 4.79 Å². The number of carbonyl (C=O) groups is 1. The first kappa shape index (κ1) is 26.8. The third-order valence-electron chi connectivity index (χ3n) is 5.11. The molecule has 0 unspecified atom stereocenters. The lowest BCUT2D eigenvalue weighted by atomic mass is 9.92. The van der Waals surface area contributed by atoms with Crippen LogP contribution >= 0.6 is 22.9 Å². The van der Waals surface area contributed by atoms with Gasteiger partial charge in [0, 0.05) is 12.5 Å². The zero-order valence-electron chi connectivity index (χ0n) is 20.2. The Hall–Kier alpha value is -2.82. The number of H-pyrrole nitrogens is 1. The van der Waals surface area contributed by atoms with Crippen molar-refractivity contribution in [2.24, 2.45) is 11.1 Å². The molecule has 4 aromatic rings. The summed E-state index contributed by atoms with van der Waals surface area (Å²) in [6.07, 6.45) is 11.8. The Morgan fingerprint density at radius 1 is 1.23 bits per heavy atom. The van der Waals surface area contributed by atoms with E-state index in [-0.39, 0.29) is 11.5 Å². The van der Waals surface area contributed by atoms with Crippen molar-refractivity contribution >= 4 is 39.9 Å². The minimum absolute atomic E-state index is 0.0359. The molecule has 0 bridgehead atoms. The second-order valence-electron chi connectivity index (χ2n) is 9.56. The minimum Gasteiger partial charge on any atom is -0.393 e. The SMILES string of the molecule is CC(C)(C)Cc1nc2cc(-n3nccn3)ncc2[nH]1.NC(=O)c1ccc(Cl)s1.OC1CCCCC1. The fraction of sp³-hybridized carbons (Fsp3) is 0.458. The third kappa shape index (κ3) is 8.72. The first-order valence-electron chi connectivity index (χ1n) is 11.6. The highest BCUT2D eigenvalue weighted by molar-refractivity contribution is 7.17. The molecule has 0 aromatic carbocycles. The molecule has 0 saturated heterocycles. The van der Waals surface area contributed by atoms with Gasteiger partial charge in [0.25, 0.3) is 5.91 Å². The quantitative estimate of drug-likeness (QED) is 0.352.